The SMILES string of the molecule is Cc1cccc(NC(=O)N2CCN(C(=O)/C=C/c3ccc(NS(C)(=O)=O)cc3)CC2)c1. The van der Waals surface area contributed by atoms with Crippen molar-refractivity contribution in [3.05, 3.63) is 65.7 Å². The summed E-state index contributed by atoms with van der Waals surface area (Å²) in [6.45, 7) is 3.81. The van der Waals surface area contributed by atoms with E-state index < -0.39 is 10.0 Å². The van der Waals surface area contributed by atoms with Crippen LogP contribution >= 0.6 is 0 Å². The number of hydrogen-bond donors (Lipinski definition) is 2. The highest BCUT2D eigenvalue weighted by molar-refractivity contribution is 7.92. The largest absolute Gasteiger partial charge is 0.336 e. The molecule has 3 rings (SSSR count). The van der Waals surface area contributed by atoms with E-state index in [0.29, 0.717) is 31.9 Å². The molecule has 0 saturated carbocycles. The Morgan fingerprint density at radius 1 is 0.935 bits per heavy atom. The maximum absolute atomic E-state index is 12.5. The third-order valence-electron chi connectivity index (χ3n) is 4.78. The Morgan fingerprint density at radius 3 is 2.19 bits per heavy atom. The van der Waals surface area contributed by atoms with E-state index in [1.54, 1.807) is 40.1 Å². The molecule has 0 radical (unpaired) electrons. The number of aryl methyl sites for hydroxylation is 1. The number of amides is 3. The van der Waals surface area contributed by atoms with Crippen molar-refractivity contribution in [2.75, 3.05) is 42.5 Å². The zero-order valence-corrected chi connectivity index (χ0v) is 18.4. The number of anilines is 2. The zero-order valence-electron chi connectivity index (χ0n) is 17.5. The average Bonchev–Trinajstić information content (AvgIpc) is 2.72. The van der Waals surface area contributed by atoms with Crippen LogP contribution in [0.5, 0.6) is 0 Å². The van der Waals surface area contributed by atoms with Crippen LogP contribution in [-0.2, 0) is 14.8 Å². The van der Waals surface area contributed by atoms with Crippen molar-refractivity contribution in [2.24, 2.45) is 0 Å². The standard InChI is InChI=1S/C22H26N4O4S/c1-17-4-3-5-20(16-17)23-22(28)26-14-12-25(13-15-26)21(27)11-8-18-6-9-19(10-7-18)24-31(2,29)30/h3-11,16,24H,12-15H2,1-2H3,(H,23,28)/b11-8+. The molecular formula is C22H26N4O4S. The second kappa shape index (κ2) is 9.65. The molecule has 0 bridgehead atoms. The number of carbonyl (C=O) groups is 2. The molecule has 0 aliphatic carbocycles. The van der Waals surface area contributed by atoms with E-state index in [1.807, 2.05) is 31.2 Å². The number of nitrogens with zero attached hydrogens (tertiary/aromatic N) is 2. The highest BCUT2D eigenvalue weighted by Crippen LogP contribution is 2.14. The van der Waals surface area contributed by atoms with Crippen LogP contribution in [0.2, 0.25) is 0 Å². The van der Waals surface area contributed by atoms with Crippen LogP contribution < -0.4 is 10.0 Å². The number of benzene rings is 2. The highest BCUT2D eigenvalue weighted by Gasteiger charge is 2.23. The summed E-state index contributed by atoms with van der Waals surface area (Å²) >= 11 is 0. The van der Waals surface area contributed by atoms with Gasteiger partial charge >= 0.3 is 6.03 Å². The average molecular weight is 443 g/mol. The Hall–Kier alpha value is -3.33. The van der Waals surface area contributed by atoms with Crippen LogP contribution in [0, 0.1) is 6.92 Å². The lowest BCUT2D eigenvalue weighted by Gasteiger charge is -2.34. The quantitative estimate of drug-likeness (QED) is 0.696. The molecule has 2 aromatic carbocycles. The third-order valence-corrected chi connectivity index (χ3v) is 5.39. The Morgan fingerprint density at radius 2 is 1.58 bits per heavy atom. The lowest BCUT2D eigenvalue weighted by molar-refractivity contribution is -0.127. The van der Waals surface area contributed by atoms with Gasteiger partial charge in [0.15, 0.2) is 0 Å². The Bertz CT molecular complexity index is 1070. The van der Waals surface area contributed by atoms with E-state index in [2.05, 4.69) is 10.0 Å². The molecule has 1 fully saturated rings. The molecule has 1 aliphatic rings. The molecule has 9 heteroatoms. The Kier molecular flexibility index (Phi) is 6.96. The summed E-state index contributed by atoms with van der Waals surface area (Å²) in [5, 5.41) is 2.89. The van der Waals surface area contributed by atoms with E-state index in [1.165, 1.54) is 6.08 Å². The summed E-state index contributed by atoms with van der Waals surface area (Å²) in [5.74, 6) is -0.128. The first-order valence-electron chi connectivity index (χ1n) is 9.87. The number of hydrogen-bond acceptors (Lipinski definition) is 4. The van der Waals surface area contributed by atoms with Crippen molar-refractivity contribution in [3.63, 3.8) is 0 Å². The fourth-order valence-electron chi connectivity index (χ4n) is 3.20. The van der Waals surface area contributed by atoms with E-state index in [4.69, 9.17) is 0 Å². The van der Waals surface area contributed by atoms with E-state index in [9.17, 15) is 18.0 Å². The monoisotopic (exact) mass is 442 g/mol. The lowest BCUT2D eigenvalue weighted by atomic mass is 10.2. The molecule has 0 aromatic heterocycles. The summed E-state index contributed by atoms with van der Waals surface area (Å²) < 4.78 is 24.9. The summed E-state index contributed by atoms with van der Waals surface area (Å²) in [6.07, 6.45) is 4.26. The van der Waals surface area contributed by atoms with Gasteiger partial charge in [-0.2, -0.15) is 0 Å². The second-order valence-electron chi connectivity index (χ2n) is 7.44. The molecule has 0 spiro atoms. The maximum Gasteiger partial charge on any atom is 0.321 e. The van der Waals surface area contributed by atoms with Gasteiger partial charge in [0.1, 0.15) is 0 Å². The van der Waals surface area contributed by atoms with E-state index in [-0.39, 0.29) is 11.9 Å². The summed E-state index contributed by atoms with van der Waals surface area (Å²) in [4.78, 5) is 28.3. The van der Waals surface area contributed by atoms with Gasteiger partial charge in [0.25, 0.3) is 0 Å². The van der Waals surface area contributed by atoms with Gasteiger partial charge in [0, 0.05) is 43.6 Å². The van der Waals surface area contributed by atoms with E-state index in [0.717, 1.165) is 23.1 Å². The number of urea groups is 1. The molecule has 1 saturated heterocycles. The van der Waals surface area contributed by atoms with Crippen LogP contribution in [0.4, 0.5) is 16.2 Å². The zero-order chi connectivity index (χ0) is 22.4. The van der Waals surface area contributed by atoms with Crippen LogP contribution in [0.15, 0.2) is 54.6 Å². The summed E-state index contributed by atoms with van der Waals surface area (Å²) in [5.41, 5.74) is 3.07. The van der Waals surface area contributed by atoms with Gasteiger partial charge in [0.05, 0.1) is 6.26 Å². The maximum atomic E-state index is 12.5. The minimum atomic E-state index is -3.32. The van der Waals surface area contributed by atoms with Crippen LogP contribution in [0.25, 0.3) is 6.08 Å². The van der Waals surface area contributed by atoms with Gasteiger partial charge in [-0.1, -0.05) is 24.3 Å². The molecule has 31 heavy (non-hydrogen) atoms. The topological polar surface area (TPSA) is 98.8 Å². The normalized spacial score (nSPS) is 14.5. The number of carbonyl (C=O) groups excluding carboxylic acids is 2. The van der Waals surface area contributed by atoms with Gasteiger partial charge in [-0.15, -0.1) is 0 Å². The lowest BCUT2D eigenvalue weighted by Crippen LogP contribution is -2.51. The smallest absolute Gasteiger partial charge is 0.321 e. The minimum absolute atomic E-state index is 0.128. The fraction of sp³-hybridized carbons (Fsp3) is 0.273. The number of nitrogens with one attached hydrogen (secondary N) is 2. The number of piperazine rings is 1. The van der Waals surface area contributed by atoms with E-state index >= 15 is 0 Å². The van der Waals surface area contributed by atoms with Gasteiger partial charge in [-0.05, 0) is 48.4 Å². The molecule has 1 aliphatic heterocycles. The molecule has 2 N–H and O–H groups in total. The second-order valence-corrected chi connectivity index (χ2v) is 9.19. The molecule has 0 atom stereocenters. The molecule has 1 heterocycles. The van der Waals surface area contributed by atoms with Crippen molar-refractivity contribution >= 4 is 39.4 Å². The molecule has 164 valence electrons. The van der Waals surface area contributed by atoms with Crippen LogP contribution in [0.1, 0.15) is 11.1 Å². The molecule has 3 amide bonds. The highest BCUT2D eigenvalue weighted by atomic mass is 32.2. The first-order chi connectivity index (χ1) is 14.7. The fourth-order valence-corrected chi connectivity index (χ4v) is 3.77. The van der Waals surface area contributed by atoms with Crippen molar-refractivity contribution in [3.8, 4) is 0 Å². The molecule has 0 unspecified atom stereocenters. The first kappa shape index (κ1) is 22.4. The molecule has 2 aromatic rings. The number of sulfonamides is 1. The van der Waals surface area contributed by atoms with Crippen molar-refractivity contribution in [1.29, 1.82) is 0 Å². The molecular weight excluding hydrogens is 416 g/mol. The van der Waals surface area contributed by atoms with Gasteiger partial charge in [-0.25, -0.2) is 13.2 Å². The summed E-state index contributed by atoms with van der Waals surface area (Å²) in [6, 6.07) is 14.2. The Labute approximate surface area is 182 Å². The first-order valence-corrected chi connectivity index (χ1v) is 11.8. The number of rotatable bonds is 5. The predicted molar refractivity (Wildman–Crippen MR) is 122 cm³/mol. The van der Waals surface area contributed by atoms with Gasteiger partial charge < -0.3 is 15.1 Å². The molecule has 8 nitrogen and oxygen atoms in total. The van der Waals surface area contributed by atoms with Gasteiger partial charge in [-0.3, -0.25) is 9.52 Å². The Balaban J connectivity index is 1.49. The van der Waals surface area contributed by atoms with Crippen molar-refractivity contribution in [2.45, 2.75) is 6.92 Å². The van der Waals surface area contributed by atoms with Crippen LogP contribution in [-0.4, -0.2) is 62.6 Å². The van der Waals surface area contributed by atoms with Crippen molar-refractivity contribution < 1.29 is 18.0 Å². The van der Waals surface area contributed by atoms with Gasteiger partial charge in [0.2, 0.25) is 15.9 Å². The summed E-state index contributed by atoms with van der Waals surface area (Å²) in [7, 11) is -3.32. The predicted octanol–water partition coefficient (Wildman–Crippen LogP) is 2.76. The third kappa shape index (κ3) is 6.85. The van der Waals surface area contributed by atoms with Crippen molar-refractivity contribution in [1.82, 2.24) is 9.80 Å². The minimum Gasteiger partial charge on any atom is -0.336 e. The van der Waals surface area contributed by atoms with Crippen LogP contribution in [0.3, 0.4) is 0 Å².